The maximum atomic E-state index is 12.1. The van der Waals surface area contributed by atoms with Crippen LogP contribution in [0.1, 0.15) is 16.1 Å². The highest BCUT2D eigenvalue weighted by Crippen LogP contribution is 2.18. The maximum Gasteiger partial charge on any atom is 0.307 e. The molecule has 0 aliphatic rings. The monoisotopic (exact) mass is 329 g/mol. The second kappa shape index (κ2) is 6.49. The van der Waals surface area contributed by atoms with E-state index in [0.29, 0.717) is 5.58 Å². The minimum absolute atomic E-state index is 0.236. The Kier molecular flexibility index (Phi) is 3.88. The quantitative estimate of drug-likeness (QED) is 0.455. The van der Waals surface area contributed by atoms with E-state index in [1.165, 1.54) is 0 Å². The number of nitrogens with one attached hydrogen (secondary N) is 1. The van der Waals surface area contributed by atoms with E-state index in [4.69, 9.17) is 4.42 Å². The maximum absolute atomic E-state index is 12.1. The van der Waals surface area contributed by atoms with Crippen molar-refractivity contribution >= 4 is 23.1 Å². The number of carbonyl (C=O) groups excluding carboxylic acids is 1. The van der Waals surface area contributed by atoms with Crippen LogP contribution in [0, 0.1) is 0 Å². The number of nitrogens with zero attached hydrogens (tertiary/aromatic N) is 2. The van der Waals surface area contributed by atoms with Gasteiger partial charge in [0, 0.05) is 29.0 Å². The number of hydrogen-bond donors (Lipinski definition) is 1. The molecule has 0 radical (unpaired) electrons. The summed E-state index contributed by atoms with van der Waals surface area (Å²) in [7, 11) is 0. The lowest BCUT2D eigenvalue weighted by Gasteiger charge is -2.00. The fourth-order valence-electron chi connectivity index (χ4n) is 2.56. The van der Waals surface area contributed by atoms with E-state index >= 15 is 0 Å². The fourth-order valence-corrected chi connectivity index (χ4v) is 2.56. The second-order valence-electron chi connectivity index (χ2n) is 5.54. The van der Waals surface area contributed by atoms with Gasteiger partial charge in [-0.05, 0) is 30.3 Å². The van der Waals surface area contributed by atoms with Crippen LogP contribution < -0.4 is 5.43 Å². The molecule has 1 N–H and O–H groups in total. The molecule has 0 unspecified atom stereocenters. The van der Waals surface area contributed by atoms with Gasteiger partial charge in [-0.3, -0.25) is 4.79 Å². The summed E-state index contributed by atoms with van der Waals surface area (Å²) in [5, 5.41) is 4.88. The molecule has 0 fully saturated rings. The van der Waals surface area contributed by atoms with Crippen molar-refractivity contribution in [2.75, 3.05) is 0 Å². The molecule has 0 aliphatic carbocycles. The smallest absolute Gasteiger partial charge is 0.307 e. The minimum Gasteiger partial charge on any atom is -0.451 e. The molecule has 2 aromatic carbocycles. The van der Waals surface area contributed by atoms with Crippen LogP contribution in [0.25, 0.3) is 16.7 Å². The summed E-state index contributed by atoms with van der Waals surface area (Å²) < 4.78 is 7.49. The van der Waals surface area contributed by atoms with E-state index in [9.17, 15) is 4.79 Å². The Bertz CT molecular complexity index is 1010. The summed E-state index contributed by atoms with van der Waals surface area (Å²) in [6.45, 7) is 0. The number of para-hydroxylation sites is 2. The Morgan fingerprint density at radius 2 is 1.84 bits per heavy atom. The zero-order valence-electron chi connectivity index (χ0n) is 13.3. The molecule has 5 heteroatoms. The van der Waals surface area contributed by atoms with Crippen LogP contribution in [0.5, 0.6) is 0 Å². The minimum atomic E-state index is -0.380. The van der Waals surface area contributed by atoms with Gasteiger partial charge in [0.2, 0.25) is 0 Å². The third-order valence-corrected chi connectivity index (χ3v) is 3.80. The normalized spacial score (nSPS) is 11.2. The molecule has 4 aromatic rings. The van der Waals surface area contributed by atoms with Crippen molar-refractivity contribution in [3.63, 3.8) is 0 Å². The molecule has 0 spiro atoms. The summed E-state index contributed by atoms with van der Waals surface area (Å²) in [6.07, 6.45) is 5.48. The summed E-state index contributed by atoms with van der Waals surface area (Å²) in [5.74, 6) is -0.143. The highest BCUT2D eigenvalue weighted by molar-refractivity contribution is 5.96. The molecule has 25 heavy (non-hydrogen) atoms. The molecular formula is C20H15N3O2. The van der Waals surface area contributed by atoms with Gasteiger partial charge in [-0.2, -0.15) is 5.10 Å². The van der Waals surface area contributed by atoms with Crippen LogP contribution in [0.15, 0.2) is 88.6 Å². The molecule has 0 saturated heterocycles. The lowest BCUT2D eigenvalue weighted by Crippen LogP contribution is -2.16. The summed E-state index contributed by atoms with van der Waals surface area (Å²) in [6, 6.07) is 21.1. The van der Waals surface area contributed by atoms with E-state index in [2.05, 4.69) is 10.5 Å². The predicted octanol–water partition coefficient (Wildman–Crippen LogP) is 3.99. The fraction of sp³-hybridized carbons (Fsp3) is 0. The van der Waals surface area contributed by atoms with Gasteiger partial charge in [0.25, 0.3) is 0 Å². The van der Waals surface area contributed by atoms with Gasteiger partial charge >= 0.3 is 5.91 Å². The number of fused-ring (bicyclic) bond motifs is 1. The van der Waals surface area contributed by atoms with Crippen molar-refractivity contribution in [2.45, 2.75) is 0 Å². The SMILES string of the molecule is O=C(N/N=C/c1ccn(-c2ccccc2)c1)c1cc2ccccc2o1. The first-order valence-electron chi connectivity index (χ1n) is 7.85. The number of furan rings is 1. The molecule has 1 amide bonds. The van der Waals surface area contributed by atoms with E-state index in [-0.39, 0.29) is 11.7 Å². The molecule has 4 rings (SSSR count). The topological polar surface area (TPSA) is 59.5 Å². The van der Waals surface area contributed by atoms with Crippen molar-refractivity contribution in [2.24, 2.45) is 5.10 Å². The number of carbonyl (C=O) groups is 1. The zero-order valence-corrected chi connectivity index (χ0v) is 13.3. The van der Waals surface area contributed by atoms with Gasteiger partial charge in [0.1, 0.15) is 5.58 Å². The third kappa shape index (κ3) is 3.21. The average molecular weight is 329 g/mol. The van der Waals surface area contributed by atoms with Crippen LogP contribution in [-0.4, -0.2) is 16.7 Å². The second-order valence-corrected chi connectivity index (χ2v) is 5.54. The lowest BCUT2D eigenvalue weighted by molar-refractivity contribution is 0.0929. The van der Waals surface area contributed by atoms with E-state index in [1.54, 1.807) is 12.3 Å². The standard InChI is InChI=1S/C20H15N3O2/c24-20(19-12-16-6-4-5-9-18(16)25-19)22-21-13-15-10-11-23(14-15)17-7-2-1-3-8-17/h1-14H,(H,22,24)/b21-13+. The zero-order chi connectivity index (χ0) is 17.1. The van der Waals surface area contributed by atoms with Gasteiger partial charge in [-0.25, -0.2) is 5.43 Å². The van der Waals surface area contributed by atoms with Crippen molar-refractivity contribution in [3.05, 3.63) is 90.4 Å². The Morgan fingerprint density at radius 1 is 1.04 bits per heavy atom. The Hall–Kier alpha value is -3.60. The van der Waals surface area contributed by atoms with Crippen molar-refractivity contribution < 1.29 is 9.21 Å². The van der Waals surface area contributed by atoms with Gasteiger partial charge in [0.15, 0.2) is 5.76 Å². The molecule has 5 nitrogen and oxygen atoms in total. The van der Waals surface area contributed by atoms with E-state index in [1.807, 2.05) is 77.6 Å². The molecular weight excluding hydrogens is 314 g/mol. The Morgan fingerprint density at radius 3 is 2.68 bits per heavy atom. The summed E-state index contributed by atoms with van der Waals surface area (Å²) in [4.78, 5) is 12.1. The number of hydrazone groups is 1. The van der Waals surface area contributed by atoms with Gasteiger partial charge in [0.05, 0.1) is 6.21 Å². The van der Waals surface area contributed by atoms with Crippen LogP contribution >= 0.6 is 0 Å². The molecule has 0 saturated carbocycles. The average Bonchev–Trinajstić information content (AvgIpc) is 3.29. The lowest BCUT2D eigenvalue weighted by atomic mass is 10.2. The number of benzene rings is 2. The highest BCUT2D eigenvalue weighted by Gasteiger charge is 2.10. The number of amides is 1. The third-order valence-electron chi connectivity index (χ3n) is 3.80. The van der Waals surface area contributed by atoms with Crippen LogP contribution in [0.2, 0.25) is 0 Å². The highest BCUT2D eigenvalue weighted by atomic mass is 16.3. The number of hydrogen-bond acceptors (Lipinski definition) is 3. The first-order chi connectivity index (χ1) is 12.3. The van der Waals surface area contributed by atoms with Crippen LogP contribution in [0.3, 0.4) is 0 Å². The van der Waals surface area contributed by atoms with Gasteiger partial charge in [-0.15, -0.1) is 0 Å². The molecule has 0 bridgehead atoms. The molecule has 2 aromatic heterocycles. The molecule has 0 aliphatic heterocycles. The first-order valence-corrected chi connectivity index (χ1v) is 7.85. The number of rotatable bonds is 4. The largest absolute Gasteiger partial charge is 0.451 e. The molecule has 2 heterocycles. The van der Waals surface area contributed by atoms with Crippen molar-refractivity contribution in [1.82, 2.24) is 9.99 Å². The van der Waals surface area contributed by atoms with Crippen molar-refractivity contribution in [3.8, 4) is 5.69 Å². The van der Waals surface area contributed by atoms with Gasteiger partial charge < -0.3 is 8.98 Å². The number of aromatic nitrogens is 1. The van der Waals surface area contributed by atoms with E-state index in [0.717, 1.165) is 16.6 Å². The van der Waals surface area contributed by atoms with Crippen molar-refractivity contribution in [1.29, 1.82) is 0 Å². The molecule has 122 valence electrons. The summed E-state index contributed by atoms with van der Waals surface area (Å²) in [5.41, 5.74) is 5.11. The Labute approximate surface area is 144 Å². The van der Waals surface area contributed by atoms with E-state index < -0.39 is 0 Å². The van der Waals surface area contributed by atoms with Crippen LogP contribution in [-0.2, 0) is 0 Å². The first kappa shape index (κ1) is 15.0. The molecule has 0 atom stereocenters. The van der Waals surface area contributed by atoms with Gasteiger partial charge in [-0.1, -0.05) is 36.4 Å². The van der Waals surface area contributed by atoms with Crippen LogP contribution in [0.4, 0.5) is 0 Å². The Balaban J connectivity index is 1.44. The summed E-state index contributed by atoms with van der Waals surface area (Å²) >= 11 is 0. The predicted molar refractivity (Wildman–Crippen MR) is 97.0 cm³/mol.